The van der Waals surface area contributed by atoms with Gasteiger partial charge in [-0.2, -0.15) is 0 Å². The van der Waals surface area contributed by atoms with Gasteiger partial charge in [0.2, 0.25) is 5.91 Å². The van der Waals surface area contributed by atoms with Gasteiger partial charge in [-0.25, -0.2) is 0 Å². The van der Waals surface area contributed by atoms with Crippen LogP contribution in [0.2, 0.25) is 0 Å². The molecular formula is C13H24N2O2. The van der Waals surface area contributed by atoms with Crippen LogP contribution in [0.3, 0.4) is 0 Å². The highest BCUT2D eigenvalue weighted by Crippen LogP contribution is 2.23. The number of nitrogens with one attached hydrogen (secondary N) is 2. The van der Waals surface area contributed by atoms with Crippen LogP contribution in [0.1, 0.15) is 44.9 Å². The number of hydrogen-bond donors (Lipinski definition) is 3. The Balaban J connectivity index is 1.61. The molecule has 4 heteroatoms. The number of aliphatic hydroxyl groups excluding tert-OH is 1. The lowest BCUT2D eigenvalue weighted by Crippen LogP contribution is -2.36. The molecule has 17 heavy (non-hydrogen) atoms. The van der Waals surface area contributed by atoms with Gasteiger partial charge >= 0.3 is 0 Å². The molecule has 0 aromatic rings. The summed E-state index contributed by atoms with van der Waals surface area (Å²) in [6, 6.07) is 0.381. The molecule has 1 saturated carbocycles. The van der Waals surface area contributed by atoms with E-state index in [2.05, 4.69) is 10.6 Å². The zero-order chi connectivity index (χ0) is 12.1. The second-order valence-corrected chi connectivity index (χ2v) is 5.49. The van der Waals surface area contributed by atoms with Gasteiger partial charge in [0.1, 0.15) is 0 Å². The molecule has 3 unspecified atom stereocenters. The van der Waals surface area contributed by atoms with E-state index in [1.807, 2.05) is 0 Å². The molecule has 1 heterocycles. The average molecular weight is 240 g/mol. The maximum Gasteiger partial charge on any atom is 0.221 e. The monoisotopic (exact) mass is 240 g/mol. The molecule has 1 aliphatic heterocycles. The normalized spacial score (nSPS) is 33.6. The molecule has 1 aliphatic carbocycles. The molecule has 1 saturated heterocycles. The lowest BCUT2D eigenvalue weighted by molar-refractivity contribution is -0.121. The largest absolute Gasteiger partial charge is 0.393 e. The van der Waals surface area contributed by atoms with Gasteiger partial charge in [0, 0.05) is 19.0 Å². The van der Waals surface area contributed by atoms with Gasteiger partial charge in [-0.05, 0) is 44.6 Å². The lowest BCUT2D eigenvalue weighted by atomic mass is 9.87. The highest BCUT2D eigenvalue weighted by molar-refractivity contribution is 5.76. The molecule has 98 valence electrons. The molecule has 2 rings (SSSR count). The fraction of sp³-hybridized carbons (Fsp3) is 0.923. The van der Waals surface area contributed by atoms with Crippen LogP contribution in [0.5, 0.6) is 0 Å². The first kappa shape index (κ1) is 12.8. The highest BCUT2D eigenvalue weighted by Gasteiger charge is 2.22. The number of carbonyl (C=O) groups excluding carboxylic acids is 1. The third-order valence-electron chi connectivity index (χ3n) is 3.94. The maximum atomic E-state index is 11.7. The van der Waals surface area contributed by atoms with Crippen LogP contribution in [0, 0.1) is 5.92 Å². The van der Waals surface area contributed by atoms with Crippen molar-refractivity contribution < 1.29 is 9.90 Å². The predicted molar refractivity (Wildman–Crippen MR) is 66.6 cm³/mol. The van der Waals surface area contributed by atoms with Crippen molar-refractivity contribution in [3.05, 3.63) is 0 Å². The average Bonchev–Trinajstić information content (AvgIpc) is 2.79. The summed E-state index contributed by atoms with van der Waals surface area (Å²) in [7, 11) is 0. The van der Waals surface area contributed by atoms with Crippen molar-refractivity contribution in [2.45, 2.75) is 57.1 Å². The Kier molecular flexibility index (Phi) is 4.80. The van der Waals surface area contributed by atoms with Crippen LogP contribution >= 0.6 is 0 Å². The third kappa shape index (κ3) is 4.28. The Hall–Kier alpha value is -0.610. The van der Waals surface area contributed by atoms with Gasteiger partial charge in [0.15, 0.2) is 0 Å². The summed E-state index contributed by atoms with van der Waals surface area (Å²) in [5.74, 6) is 0.628. The number of hydrogen-bond acceptors (Lipinski definition) is 3. The van der Waals surface area contributed by atoms with Gasteiger partial charge in [0.05, 0.1) is 6.10 Å². The van der Waals surface area contributed by atoms with Gasteiger partial charge in [0.25, 0.3) is 0 Å². The molecular weight excluding hydrogens is 216 g/mol. The van der Waals surface area contributed by atoms with Crippen molar-refractivity contribution in [2.75, 3.05) is 13.1 Å². The number of amides is 1. The fourth-order valence-corrected chi connectivity index (χ4v) is 2.93. The van der Waals surface area contributed by atoms with Gasteiger partial charge < -0.3 is 15.7 Å². The Morgan fingerprint density at radius 2 is 2.18 bits per heavy atom. The minimum absolute atomic E-state index is 0.151. The lowest BCUT2D eigenvalue weighted by Gasteiger charge is -2.26. The summed E-state index contributed by atoms with van der Waals surface area (Å²) in [6.07, 6.45) is 6.77. The van der Waals surface area contributed by atoms with E-state index < -0.39 is 0 Å². The molecule has 4 nitrogen and oxygen atoms in total. The Bertz CT molecular complexity index is 252. The second kappa shape index (κ2) is 6.36. The second-order valence-electron chi connectivity index (χ2n) is 5.49. The molecule has 1 amide bonds. The zero-order valence-corrected chi connectivity index (χ0v) is 10.5. The molecule has 0 spiro atoms. The van der Waals surface area contributed by atoms with Crippen molar-refractivity contribution in [3.8, 4) is 0 Å². The minimum atomic E-state index is -0.151. The van der Waals surface area contributed by atoms with Crippen LogP contribution in [0.15, 0.2) is 0 Å². The summed E-state index contributed by atoms with van der Waals surface area (Å²) in [6.45, 7) is 1.79. The summed E-state index contributed by atoms with van der Waals surface area (Å²) in [5, 5.41) is 15.9. The maximum absolute atomic E-state index is 11.7. The molecule has 2 aliphatic rings. The zero-order valence-electron chi connectivity index (χ0n) is 10.5. The van der Waals surface area contributed by atoms with Crippen molar-refractivity contribution in [3.63, 3.8) is 0 Å². The van der Waals surface area contributed by atoms with E-state index in [-0.39, 0.29) is 12.0 Å². The third-order valence-corrected chi connectivity index (χ3v) is 3.94. The standard InChI is InChI=1S/C13H24N2O2/c16-12-5-1-3-10(7-12)9-15-13(17)8-11-4-2-6-14-11/h10-12,14,16H,1-9H2,(H,15,17). The van der Waals surface area contributed by atoms with E-state index in [1.54, 1.807) is 0 Å². The fourth-order valence-electron chi connectivity index (χ4n) is 2.93. The topological polar surface area (TPSA) is 61.4 Å². The molecule has 3 atom stereocenters. The van der Waals surface area contributed by atoms with Crippen molar-refractivity contribution >= 4 is 5.91 Å². The van der Waals surface area contributed by atoms with Gasteiger partial charge in [-0.3, -0.25) is 4.79 Å². The smallest absolute Gasteiger partial charge is 0.221 e. The number of rotatable bonds is 4. The molecule has 2 fully saturated rings. The minimum Gasteiger partial charge on any atom is -0.393 e. The van der Waals surface area contributed by atoms with E-state index in [1.165, 1.54) is 6.42 Å². The highest BCUT2D eigenvalue weighted by atomic mass is 16.3. The summed E-state index contributed by atoms with van der Waals surface area (Å²) in [5.41, 5.74) is 0. The van der Waals surface area contributed by atoms with E-state index in [4.69, 9.17) is 0 Å². The number of aliphatic hydroxyl groups is 1. The summed E-state index contributed by atoms with van der Waals surface area (Å²) in [4.78, 5) is 11.7. The Morgan fingerprint density at radius 1 is 1.29 bits per heavy atom. The molecule has 0 aromatic carbocycles. The van der Waals surface area contributed by atoms with Crippen LogP contribution in [-0.2, 0) is 4.79 Å². The SMILES string of the molecule is O=C(CC1CCCN1)NCC1CCCC(O)C1. The Labute approximate surface area is 103 Å². The van der Waals surface area contributed by atoms with E-state index >= 15 is 0 Å². The predicted octanol–water partition coefficient (Wildman–Crippen LogP) is 0.796. The van der Waals surface area contributed by atoms with Crippen LogP contribution in [0.4, 0.5) is 0 Å². The first-order chi connectivity index (χ1) is 8.24. The summed E-state index contributed by atoms with van der Waals surface area (Å²) >= 11 is 0. The van der Waals surface area contributed by atoms with E-state index in [9.17, 15) is 9.90 Å². The first-order valence-electron chi connectivity index (χ1n) is 6.92. The molecule has 0 aromatic heterocycles. The quantitative estimate of drug-likeness (QED) is 0.681. The van der Waals surface area contributed by atoms with Gasteiger partial charge in [-0.15, -0.1) is 0 Å². The van der Waals surface area contributed by atoms with Crippen LogP contribution < -0.4 is 10.6 Å². The van der Waals surface area contributed by atoms with Crippen molar-refractivity contribution in [1.29, 1.82) is 0 Å². The van der Waals surface area contributed by atoms with Gasteiger partial charge in [-0.1, -0.05) is 6.42 Å². The van der Waals surface area contributed by atoms with Crippen LogP contribution in [0.25, 0.3) is 0 Å². The molecule has 3 N–H and O–H groups in total. The molecule has 0 radical (unpaired) electrons. The first-order valence-corrected chi connectivity index (χ1v) is 6.92. The van der Waals surface area contributed by atoms with Crippen molar-refractivity contribution in [2.24, 2.45) is 5.92 Å². The van der Waals surface area contributed by atoms with E-state index in [0.717, 1.165) is 45.2 Å². The summed E-state index contributed by atoms with van der Waals surface area (Å²) < 4.78 is 0. The number of carbonyl (C=O) groups is 1. The van der Waals surface area contributed by atoms with Crippen LogP contribution in [-0.4, -0.2) is 36.2 Å². The van der Waals surface area contributed by atoms with Crippen molar-refractivity contribution in [1.82, 2.24) is 10.6 Å². The Morgan fingerprint density at radius 3 is 2.88 bits per heavy atom. The van der Waals surface area contributed by atoms with E-state index in [0.29, 0.717) is 18.4 Å². The molecule has 0 bridgehead atoms.